The van der Waals surface area contributed by atoms with Crippen molar-refractivity contribution < 1.29 is 9.15 Å². The van der Waals surface area contributed by atoms with E-state index in [0.717, 1.165) is 30.7 Å². The molecule has 1 aliphatic heterocycles. The lowest BCUT2D eigenvalue weighted by molar-refractivity contribution is 0.220. The Bertz CT molecular complexity index is 834. The van der Waals surface area contributed by atoms with Gasteiger partial charge in [-0.3, -0.25) is 9.88 Å². The number of methoxy groups -OCH3 is 1. The minimum Gasteiger partial charge on any atom is -0.496 e. The maximum Gasteiger partial charge on any atom is 0.249 e. The van der Waals surface area contributed by atoms with Gasteiger partial charge in [0.05, 0.1) is 19.2 Å². The van der Waals surface area contributed by atoms with E-state index in [1.807, 2.05) is 24.3 Å². The van der Waals surface area contributed by atoms with E-state index in [4.69, 9.17) is 9.15 Å². The predicted molar refractivity (Wildman–Crippen MR) is 92.9 cm³/mol. The fourth-order valence-electron chi connectivity index (χ4n) is 3.41. The summed E-state index contributed by atoms with van der Waals surface area (Å²) in [6, 6.07) is 12.3. The molecule has 128 valence electrons. The molecule has 6 nitrogen and oxygen atoms in total. The van der Waals surface area contributed by atoms with Crippen molar-refractivity contribution in [1.29, 1.82) is 0 Å². The first-order chi connectivity index (χ1) is 12.3. The molecule has 1 aromatic carbocycles. The maximum atomic E-state index is 5.84. The van der Waals surface area contributed by atoms with E-state index in [0.29, 0.717) is 24.4 Å². The SMILES string of the molecule is COc1ccccc1[C@@H]1CCCN1Cc1nnc(-c2cccnc2)o1. The molecule has 0 aliphatic carbocycles. The Hall–Kier alpha value is -2.73. The number of pyridine rings is 1. The molecule has 1 saturated heterocycles. The van der Waals surface area contributed by atoms with Crippen LogP contribution in [0.15, 0.2) is 53.2 Å². The van der Waals surface area contributed by atoms with Crippen LogP contribution in [-0.2, 0) is 6.54 Å². The number of nitrogens with zero attached hydrogens (tertiary/aromatic N) is 4. The van der Waals surface area contributed by atoms with Gasteiger partial charge in [0, 0.05) is 24.0 Å². The van der Waals surface area contributed by atoms with Crippen LogP contribution < -0.4 is 4.74 Å². The Morgan fingerprint density at radius 1 is 1.20 bits per heavy atom. The molecular weight excluding hydrogens is 316 g/mol. The quantitative estimate of drug-likeness (QED) is 0.711. The lowest BCUT2D eigenvalue weighted by Crippen LogP contribution is -2.23. The number of rotatable bonds is 5. The van der Waals surface area contributed by atoms with Crippen molar-refractivity contribution in [2.24, 2.45) is 0 Å². The highest BCUT2D eigenvalue weighted by Gasteiger charge is 2.29. The van der Waals surface area contributed by atoms with Crippen LogP contribution in [0.2, 0.25) is 0 Å². The molecule has 1 atom stereocenters. The molecule has 0 amide bonds. The summed E-state index contributed by atoms with van der Waals surface area (Å²) >= 11 is 0. The first kappa shape index (κ1) is 15.8. The third-order valence-corrected chi connectivity index (χ3v) is 4.58. The molecule has 6 heteroatoms. The second kappa shape index (κ2) is 7.03. The number of aromatic nitrogens is 3. The van der Waals surface area contributed by atoms with Gasteiger partial charge < -0.3 is 9.15 Å². The van der Waals surface area contributed by atoms with Gasteiger partial charge in [0.25, 0.3) is 0 Å². The first-order valence-electron chi connectivity index (χ1n) is 8.45. The number of para-hydroxylation sites is 1. The largest absolute Gasteiger partial charge is 0.496 e. The van der Waals surface area contributed by atoms with E-state index in [9.17, 15) is 0 Å². The van der Waals surface area contributed by atoms with Crippen molar-refractivity contribution in [2.75, 3.05) is 13.7 Å². The molecule has 0 radical (unpaired) electrons. The van der Waals surface area contributed by atoms with Crippen LogP contribution in [0.25, 0.3) is 11.5 Å². The maximum absolute atomic E-state index is 5.84. The molecule has 1 aliphatic rings. The Balaban J connectivity index is 1.53. The summed E-state index contributed by atoms with van der Waals surface area (Å²) in [5.74, 6) is 2.07. The Kier molecular flexibility index (Phi) is 4.43. The van der Waals surface area contributed by atoms with Crippen molar-refractivity contribution >= 4 is 0 Å². The van der Waals surface area contributed by atoms with Crippen LogP contribution in [0.5, 0.6) is 5.75 Å². The molecule has 2 aromatic heterocycles. The zero-order chi connectivity index (χ0) is 17.1. The van der Waals surface area contributed by atoms with Gasteiger partial charge in [-0.05, 0) is 37.6 Å². The van der Waals surface area contributed by atoms with Crippen LogP contribution in [0.4, 0.5) is 0 Å². The smallest absolute Gasteiger partial charge is 0.249 e. The summed E-state index contributed by atoms with van der Waals surface area (Å²) in [5, 5.41) is 8.36. The molecule has 4 rings (SSSR count). The van der Waals surface area contributed by atoms with Crippen LogP contribution in [0, 0.1) is 0 Å². The molecule has 0 bridgehead atoms. The predicted octanol–water partition coefficient (Wildman–Crippen LogP) is 3.48. The average Bonchev–Trinajstić information content (AvgIpc) is 3.32. The van der Waals surface area contributed by atoms with Crippen molar-refractivity contribution in [1.82, 2.24) is 20.1 Å². The summed E-state index contributed by atoms with van der Waals surface area (Å²) in [7, 11) is 1.72. The zero-order valence-electron chi connectivity index (χ0n) is 14.1. The third kappa shape index (κ3) is 3.25. The summed E-state index contributed by atoms with van der Waals surface area (Å²) in [6.45, 7) is 1.64. The van der Waals surface area contributed by atoms with E-state index >= 15 is 0 Å². The Morgan fingerprint density at radius 3 is 2.96 bits per heavy atom. The molecule has 1 fully saturated rings. The fraction of sp³-hybridized carbons (Fsp3) is 0.316. The highest BCUT2D eigenvalue weighted by atomic mass is 16.5. The Labute approximate surface area is 146 Å². The monoisotopic (exact) mass is 336 g/mol. The van der Waals surface area contributed by atoms with Crippen molar-refractivity contribution in [2.45, 2.75) is 25.4 Å². The summed E-state index contributed by atoms with van der Waals surface area (Å²) in [6.07, 6.45) is 5.70. The number of benzene rings is 1. The number of hydrogen-bond acceptors (Lipinski definition) is 6. The summed E-state index contributed by atoms with van der Waals surface area (Å²) in [5.41, 5.74) is 2.05. The van der Waals surface area contributed by atoms with E-state index in [1.54, 1.807) is 19.5 Å². The van der Waals surface area contributed by atoms with Crippen molar-refractivity contribution in [3.63, 3.8) is 0 Å². The molecule has 0 unspecified atom stereocenters. The van der Waals surface area contributed by atoms with Crippen LogP contribution in [0.1, 0.15) is 30.3 Å². The number of hydrogen-bond donors (Lipinski definition) is 0. The van der Waals surface area contributed by atoms with Gasteiger partial charge in [-0.1, -0.05) is 18.2 Å². The lowest BCUT2D eigenvalue weighted by atomic mass is 10.0. The van der Waals surface area contributed by atoms with Crippen molar-refractivity contribution in [3.05, 3.63) is 60.2 Å². The second-order valence-electron chi connectivity index (χ2n) is 6.11. The van der Waals surface area contributed by atoms with E-state index < -0.39 is 0 Å². The average molecular weight is 336 g/mol. The standard InChI is InChI=1S/C19H20N4O2/c1-24-17-9-3-2-7-15(17)16-8-5-11-23(16)13-18-21-22-19(25-18)14-6-4-10-20-12-14/h2-4,6-7,9-10,12,16H,5,8,11,13H2,1H3/t16-/m0/s1. The van der Waals surface area contributed by atoms with Crippen LogP contribution >= 0.6 is 0 Å². The van der Waals surface area contributed by atoms with Gasteiger partial charge in [-0.2, -0.15) is 0 Å². The molecule has 0 spiro atoms. The normalized spacial score (nSPS) is 17.7. The van der Waals surface area contributed by atoms with Gasteiger partial charge in [-0.15, -0.1) is 10.2 Å². The molecule has 0 saturated carbocycles. The molecule has 0 N–H and O–H groups in total. The van der Waals surface area contributed by atoms with Gasteiger partial charge >= 0.3 is 0 Å². The van der Waals surface area contributed by atoms with E-state index in [-0.39, 0.29) is 0 Å². The second-order valence-corrected chi connectivity index (χ2v) is 6.11. The minimum absolute atomic E-state index is 0.310. The summed E-state index contributed by atoms with van der Waals surface area (Å²) in [4.78, 5) is 6.47. The summed E-state index contributed by atoms with van der Waals surface area (Å²) < 4.78 is 11.4. The highest BCUT2D eigenvalue weighted by Crippen LogP contribution is 2.37. The van der Waals surface area contributed by atoms with Gasteiger partial charge in [-0.25, -0.2) is 0 Å². The van der Waals surface area contributed by atoms with E-state index in [2.05, 4.69) is 32.2 Å². The third-order valence-electron chi connectivity index (χ3n) is 4.58. The van der Waals surface area contributed by atoms with Gasteiger partial charge in [0.1, 0.15) is 5.75 Å². The molecule has 3 aromatic rings. The Morgan fingerprint density at radius 2 is 2.12 bits per heavy atom. The topological polar surface area (TPSA) is 64.3 Å². The van der Waals surface area contributed by atoms with Gasteiger partial charge in [0.15, 0.2) is 0 Å². The zero-order valence-corrected chi connectivity index (χ0v) is 14.1. The lowest BCUT2D eigenvalue weighted by Gasteiger charge is -2.24. The number of likely N-dealkylation sites (tertiary alicyclic amines) is 1. The first-order valence-corrected chi connectivity index (χ1v) is 8.45. The molecule has 3 heterocycles. The van der Waals surface area contributed by atoms with E-state index in [1.165, 1.54) is 5.56 Å². The molecule has 25 heavy (non-hydrogen) atoms. The fourth-order valence-corrected chi connectivity index (χ4v) is 3.41. The minimum atomic E-state index is 0.310. The number of ether oxygens (including phenoxy) is 1. The van der Waals surface area contributed by atoms with Crippen LogP contribution in [-0.4, -0.2) is 33.7 Å². The highest BCUT2D eigenvalue weighted by molar-refractivity contribution is 5.49. The van der Waals surface area contributed by atoms with Crippen LogP contribution in [0.3, 0.4) is 0 Å². The van der Waals surface area contributed by atoms with Gasteiger partial charge in [0.2, 0.25) is 11.8 Å². The van der Waals surface area contributed by atoms with Crippen molar-refractivity contribution in [3.8, 4) is 17.2 Å². The molecular formula is C19H20N4O2.